The molecule has 0 saturated carbocycles. The van der Waals surface area contributed by atoms with E-state index in [2.05, 4.69) is 10.4 Å². The molecule has 134 valence electrons. The first-order valence-electron chi connectivity index (χ1n) is 8.49. The smallest absolute Gasteiger partial charge is 0.183 e. The molecular weight excluding hydrogens is 342 g/mol. The first-order valence-corrected chi connectivity index (χ1v) is 8.87. The number of hydrogen-bond donors (Lipinski definition) is 2. The third kappa shape index (κ3) is 3.09. The number of aliphatic hydroxyl groups excluding tert-OH is 1. The summed E-state index contributed by atoms with van der Waals surface area (Å²) in [6.45, 7) is 4.92. The van der Waals surface area contributed by atoms with E-state index in [4.69, 9.17) is 21.1 Å². The van der Waals surface area contributed by atoms with Gasteiger partial charge in [-0.1, -0.05) is 29.8 Å². The summed E-state index contributed by atoms with van der Waals surface area (Å²) in [5, 5.41) is 19.7. The summed E-state index contributed by atoms with van der Waals surface area (Å²) in [6.07, 6.45) is -1.33. The van der Waals surface area contributed by atoms with E-state index < -0.39 is 12.4 Å². The molecule has 6 nitrogen and oxygen atoms in total. The third-order valence-electron chi connectivity index (χ3n) is 4.94. The number of nitrogens with one attached hydrogen (secondary N) is 1. The van der Waals surface area contributed by atoms with Crippen molar-refractivity contribution in [3.8, 4) is 0 Å². The van der Waals surface area contributed by atoms with E-state index in [1.54, 1.807) is 0 Å². The summed E-state index contributed by atoms with van der Waals surface area (Å²) < 4.78 is 13.6. The van der Waals surface area contributed by atoms with Crippen molar-refractivity contribution in [2.75, 3.05) is 6.61 Å². The Morgan fingerprint density at radius 2 is 2.16 bits per heavy atom. The summed E-state index contributed by atoms with van der Waals surface area (Å²) in [6, 6.07) is 9.03. The Balaban J connectivity index is 1.56. The van der Waals surface area contributed by atoms with Gasteiger partial charge < -0.3 is 19.9 Å². The number of ether oxygens (including phenoxy) is 2. The molecule has 0 unspecified atom stereocenters. The lowest BCUT2D eigenvalue weighted by Crippen LogP contribution is -2.57. The van der Waals surface area contributed by atoms with Gasteiger partial charge in [0.2, 0.25) is 0 Å². The average Bonchev–Trinajstić information content (AvgIpc) is 3.14. The summed E-state index contributed by atoms with van der Waals surface area (Å²) in [5.74, 6) is 0. The van der Waals surface area contributed by atoms with E-state index in [1.165, 1.54) is 0 Å². The van der Waals surface area contributed by atoms with Crippen molar-refractivity contribution in [2.24, 2.45) is 0 Å². The monoisotopic (exact) mass is 363 g/mol. The second-order valence-corrected chi connectivity index (χ2v) is 7.13. The van der Waals surface area contributed by atoms with E-state index in [9.17, 15) is 5.11 Å². The lowest BCUT2D eigenvalue weighted by atomic mass is 9.95. The average molecular weight is 364 g/mol. The molecule has 0 radical (unpaired) electrons. The fourth-order valence-electron chi connectivity index (χ4n) is 3.73. The van der Waals surface area contributed by atoms with Gasteiger partial charge in [-0.15, -0.1) is 0 Å². The molecule has 3 heterocycles. The number of halogens is 1. The van der Waals surface area contributed by atoms with Gasteiger partial charge >= 0.3 is 0 Å². The number of nitrogens with zero attached hydrogens (tertiary/aromatic N) is 2. The summed E-state index contributed by atoms with van der Waals surface area (Å²) in [7, 11) is 0. The van der Waals surface area contributed by atoms with Crippen LogP contribution >= 0.6 is 11.6 Å². The molecule has 2 saturated heterocycles. The van der Waals surface area contributed by atoms with Gasteiger partial charge in [-0.2, -0.15) is 5.10 Å². The quantitative estimate of drug-likeness (QED) is 0.869. The van der Waals surface area contributed by atoms with Crippen LogP contribution < -0.4 is 5.32 Å². The summed E-state index contributed by atoms with van der Waals surface area (Å²) in [4.78, 5) is 0. The van der Waals surface area contributed by atoms with Gasteiger partial charge in [0.05, 0.1) is 24.4 Å². The molecule has 0 aliphatic carbocycles. The van der Waals surface area contributed by atoms with Crippen LogP contribution in [0.4, 0.5) is 0 Å². The van der Waals surface area contributed by atoms with E-state index in [0.29, 0.717) is 18.2 Å². The minimum Gasteiger partial charge on any atom is -0.389 e. The Morgan fingerprint density at radius 1 is 1.36 bits per heavy atom. The predicted octanol–water partition coefficient (Wildman–Crippen LogP) is 1.97. The van der Waals surface area contributed by atoms with Crippen LogP contribution in [0, 0.1) is 13.8 Å². The number of rotatable bonds is 4. The minimum absolute atomic E-state index is 0.185. The van der Waals surface area contributed by atoms with Crippen LogP contribution in [0.15, 0.2) is 30.3 Å². The lowest BCUT2D eigenvalue weighted by molar-refractivity contribution is -0.168. The molecule has 5 atom stereocenters. The maximum Gasteiger partial charge on any atom is 0.183 e. The molecule has 7 heteroatoms. The van der Waals surface area contributed by atoms with E-state index in [1.807, 2.05) is 48.9 Å². The van der Waals surface area contributed by atoms with Crippen molar-refractivity contribution in [1.29, 1.82) is 0 Å². The molecule has 4 rings (SSSR count). The molecule has 2 fully saturated rings. The van der Waals surface area contributed by atoms with E-state index in [-0.39, 0.29) is 18.2 Å². The van der Waals surface area contributed by atoms with Crippen molar-refractivity contribution >= 4 is 11.6 Å². The molecule has 2 aliphatic heterocycles. The van der Waals surface area contributed by atoms with Crippen LogP contribution in [0.5, 0.6) is 0 Å². The molecule has 0 spiro atoms. The Labute approximate surface area is 151 Å². The molecule has 2 aromatic rings. The van der Waals surface area contributed by atoms with Gasteiger partial charge in [0.15, 0.2) is 6.29 Å². The zero-order chi connectivity index (χ0) is 17.6. The molecule has 0 amide bonds. The lowest BCUT2D eigenvalue weighted by Gasteiger charge is -2.39. The highest BCUT2D eigenvalue weighted by Gasteiger charge is 2.51. The van der Waals surface area contributed by atoms with Gasteiger partial charge in [-0.25, -0.2) is 0 Å². The van der Waals surface area contributed by atoms with Gasteiger partial charge in [-0.05, 0) is 31.5 Å². The highest BCUT2D eigenvalue weighted by molar-refractivity contribution is 6.31. The number of hydrogen-bond acceptors (Lipinski definition) is 5. The van der Waals surface area contributed by atoms with Crippen LogP contribution in [-0.4, -0.2) is 46.0 Å². The first kappa shape index (κ1) is 17.0. The number of aryl methyl sites for hydroxylation is 2. The van der Waals surface area contributed by atoms with Crippen molar-refractivity contribution < 1.29 is 14.6 Å². The number of benzene rings is 1. The van der Waals surface area contributed by atoms with Crippen molar-refractivity contribution in [2.45, 2.75) is 51.0 Å². The van der Waals surface area contributed by atoms with Crippen LogP contribution in [-0.2, 0) is 16.0 Å². The van der Waals surface area contributed by atoms with Gasteiger partial charge in [0, 0.05) is 17.3 Å². The molecule has 2 bridgehead atoms. The third-order valence-corrected chi connectivity index (χ3v) is 5.31. The first-order chi connectivity index (χ1) is 12.0. The topological polar surface area (TPSA) is 68.5 Å². The van der Waals surface area contributed by atoms with Crippen LogP contribution in [0.1, 0.15) is 23.0 Å². The standard InChI is InChI=1S/C18H22ClN3O3/c1-10-7-11(2)22(21-10)16-17(23)15(14-9-24-18(16)25-14)20-8-12-5-3-4-6-13(12)19/h3-7,14-18,20,23H,8-9H2,1-2H3/t14-,15-,16-,17+,18-/m1/s1. The van der Waals surface area contributed by atoms with E-state index >= 15 is 0 Å². The van der Waals surface area contributed by atoms with Crippen LogP contribution in [0.25, 0.3) is 0 Å². The second-order valence-electron chi connectivity index (χ2n) is 6.73. The zero-order valence-electron chi connectivity index (χ0n) is 14.2. The van der Waals surface area contributed by atoms with Crippen LogP contribution in [0.2, 0.25) is 5.02 Å². The number of fused-ring (bicyclic) bond motifs is 2. The van der Waals surface area contributed by atoms with Crippen LogP contribution in [0.3, 0.4) is 0 Å². The SMILES string of the molecule is Cc1cc(C)n([C@H]2[C@@H]3OC[C@@H](O3)[C@@H](NCc3ccccc3Cl)[C@@H]2O)n1. The van der Waals surface area contributed by atoms with Gasteiger partial charge in [0.1, 0.15) is 12.1 Å². The maximum atomic E-state index is 11.0. The summed E-state index contributed by atoms with van der Waals surface area (Å²) >= 11 is 6.23. The van der Waals surface area contributed by atoms with Crippen molar-refractivity contribution in [3.05, 3.63) is 52.3 Å². The molecule has 2 N–H and O–H groups in total. The molecule has 1 aromatic carbocycles. The summed E-state index contributed by atoms with van der Waals surface area (Å²) in [5.41, 5.74) is 2.87. The van der Waals surface area contributed by atoms with Crippen molar-refractivity contribution in [1.82, 2.24) is 15.1 Å². The maximum absolute atomic E-state index is 11.0. The molecule has 1 aromatic heterocycles. The fourth-order valence-corrected chi connectivity index (χ4v) is 3.93. The highest BCUT2D eigenvalue weighted by Crippen LogP contribution is 2.36. The number of aromatic nitrogens is 2. The molecule has 25 heavy (non-hydrogen) atoms. The Morgan fingerprint density at radius 3 is 2.88 bits per heavy atom. The second kappa shape index (κ2) is 6.70. The predicted molar refractivity (Wildman–Crippen MR) is 93.4 cm³/mol. The largest absolute Gasteiger partial charge is 0.389 e. The van der Waals surface area contributed by atoms with Gasteiger partial charge in [-0.3, -0.25) is 4.68 Å². The Bertz CT molecular complexity index is 766. The Hall–Kier alpha value is -1.44. The minimum atomic E-state index is -0.674. The fraction of sp³-hybridized carbons (Fsp3) is 0.500. The Kier molecular flexibility index (Phi) is 4.56. The molecule has 2 aliphatic rings. The normalized spacial score (nSPS) is 31.4. The zero-order valence-corrected chi connectivity index (χ0v) is 15.0. The van der Waals surface area contributed by atoms with E-state index in [0.717, 1.165) is 17.0 Å². The van der Waals surface area contributed by atoms with Crippen molar-refractivity contribution in [3.63, 3.8) is 0 Å². The van der Waals surface area contributed by atoms with Gasteiger partial charge in [0.25, 0.3) is 0 Å². The highest BCUT2D eigenvalue weighted by atomic mass is 35.5. The molecular formula is C18H22ClN3O3. The number of aliphatic hydroxyl groups is 1.